The van der Waals surface area contributed by atoms with Gasteiger partial charge in [0, 0.05) is 17.6 Å². The van der Waals surface area contributed by atoms with Crippen molar-refractivity contribution in [1.82, 2.24) is 0 Å². The quantitative estimate of drug-likeness (QED) is 0.868. The molecule has 20 heavy (non-hydrogen) atoms. The van der Waals surface area contributed by atoms with Crippen LogP contribution in [-0.4, -0.2) is 11.9 Å². The van der Waals surface area contributed by atoms with Crippen molar-refractivity contribution in [2.45, 2.75) is 57.9 Å². The van der Waals surface area contributed by atoms with Crippen molar-refractivity contribution < 1.29 is 4.79 Å². The summed E-state index contributed by atoms with van der Waals surface area (Å²) in [5.74, 6) is 0.262. The highest BCUT2D eigenvalue weighted by molar-refractivity contribution is 5.92. The SMILES string of the molecule is CC(C)(C)c1ccc(NC(=O)C2CCC(N)CC2)cc1. The first-order chi connectivity index (χ1) is 9.36. The number of hydrogen-bond acceptors (Lipinski definition) is 2. The molecule has 3 heteroatoms. The fourth-order valence-corrected chi connectivity index (χ4v) is 2.68. The summed E-state index contributed by atoms with van der Waals surface area (Å²) in [5.41, 5.74) is 8.18. The molecule has 2 rings (SSSR count). The summed E-state index contributed by atoms with van der Waals surface area (Å²) in [4.78, 5) is 12.2. The van der Waals surface area contributed by atoms with Gasteiger partial charge in [-0.2, -0.15) is 0 Å². The van der Waals surface area contributed by atoms with Gasteiger partial charge in [-0.25, -0.2) is 0 Å². The van der Waals surface area contributed by atoms with E-state index in [9.17, 15) is 4.79 Å². The number of hydrogen-bond donors (Lipinski definition) is 2. The summed E-state index contributed by atoms with van der Waals surface area (Å²) in [6, 6.07) is 8.45. The zero-order chi connectivity index (χ0) is 14.8. The standard InChI is InChI=1S/C17H26N2O/c1-17(2,3)13-6-10-15(11-7-13)19-16(20)12-4-8-14(18)9-5-12/h6-7,10-12,14H,4-5,8-9,18H2,1-3H3,(H,19,20). The molecule has 0 aliphatic heterocycles. The van der Waals surface area contributed by atoms with Crippen LogP contribution in [-0.2, 0) is 10.2 Å². The number of nitrogens with two attached hydrogens (primary N) is 1. The smallest absolute Gasteiger partial charge is 0.227 e. The van der Waals surface area contributed by atoms with Crippen LogP contribution in [0.2, 0.25) is 0 Å². The van der Waals surface area contributed by atoms with E-state index in [0.29, 0.717) is 0 Å². The van der Waals surface area contributed by atoms with Crippen molar-refractivity contribution in [2.75, 3.05) is 5.32 Å². The van der Waals surface area contributed by atoms with Crippen LogP contribution in [0.15, 0.2) is 24.3 Å². The third-order valence-corrected chi connectivity index (χ3v) is 4.16. The van der Waals surface area contributed by atoms with Gasteiger partial charge in [0.1, 0.15) is 0 Å². The zero-order valence-electron chi connectivity index (χ0n) is 12.8. The minimum absolute atomic E-state index is 0.122. The molecule has 0 bridgehead atoms. The highest BCUT2D eigenvalue weighted by Gasteiger charge is 2.24. The zero-order valence-corrected chi connectivity index (χ0v) is 12.8. The molecule has 1 aliphatic carbocycles. The van der Waals surface area contributed by atoms with Gasteiger partial charge >= 0.3 is 0 Å². The molecular formula is C17H26N2O. The Morgan fingerprint density at radius 1 is 1.10 bits per heavy atom. The van der Waals surface area contributed by atoms with E-state index >= 15 is 0 Å². The van der Waals surface area contributed by atoms with E-state index in [1.807, 2.05) is 12.1 Å². The van der Waals surface area contributed by atoms with Crippen molar-refractivity contribution in [3.05, 3.63) is 29.8 Å². The van der Waals surface area contributed by atoms with Gasteiger partial charge in [-0.3, -0.25) is 4.79 Å². The normalized spacial score (nSPS) is 23.4. The van der Waals surface area contributed by atoms with Gasteiger partial charge in [-0.1, -0.05) is 32.9 Å². The molecule has 0 unspecified atom stereocenters. The Morgan fingerprint density at radius 3 is 2.15 bits per heavy atom. The second-order valence-electron chi connectivity index (χ2n) is 6.93. The molecule has 0 spiro atoms. The average Bonchev–Trinajstić information content (AvgIpc) is 2.39. The van der Waals surface area contributed by atoms with E-state index in [2.05, 4.69) is 38.2 Å². The van der Waals surface area contributed by atoms with E-state index < -0.39 is 0 Å². The maximum atomic E-state index is 12.2. The van der Waals surface area contributed by atoms with Crippen molar-refractivity contribution in [2.24, 2.45) is 11.7 Å². The second-order valence-corrected chi connectivity index (χ2v) is 6.93. The molecule has 1 fully saturated rings. The molecule has 1 saturated carbocycles. The van der Waals surface area contributed by atoms with Gasteiger partial charge in [0.25, 0.3) is 0 Å². The highest BCUT2D eigenvalue weighted by atomic mass is 16.1. The van der Waals surface area contributed by atoms with Crippen LogP contribution >= 0.6 is 0 Å². The van der Waals surface area contributed by atoms with Crippen LogP contribution in [0.1, 0.15) is 52.0 Å². The topological polar surface area (TPSA) is 55.1 Å². The molecule has 1 aliphatic rings. The van der Waals surface area contributed by atoms with E-state index in [-0.39, 0.29) is 23.3 Å². The van der Waals surface area contributed by atoms with E-state index in [4.69, 9.17) is 5.73 Å². The fourth-order valence-electron chi connectivity index (χ4n) is 2.68. The number of amides is 1. The van der Waals surface area contributed by atoms with Crippen molar-refractivity contribution in [3.63, 3.8) is 0 Å². The molecule has 1 aromatic rings. The lowest BCUT2D eigenvalue weighted by Gasteiger charge is -2.25. The van der Waals surface area contributed by atoms with Crippen LogP contribution in [0.5, 0.6) is 0 Å². The largest absolute Gasteiger partial charge is 0.328 e. The molecule has 0 aromatic heterocycles. The fraction of sp³-hybridized carbons (Fsp3) is 0.588. The van der Waals surface area contributed by atoms with Gasteiger partial charge < -0.3 is 11.1 Å². The summed E-state index contributed by atoms with van der Waals surface area (Å²) in [7, 11) is 0. The number of anilines is 1. The molecular weight excluding hydrogens is 248 g/mol. The summed E-state index contributed by atoms with van der Waals surface area (Å²) in [5, 5.41) is 3.03. The predicted molar refractivity (Wildman–Crippen MR) is 83.7 cm³/mol. The lowest BCUT2D eigenvalue weighted by Crippen LogP contribution is -2.32. The lowest BCUT2D eigenvalue weighted by atomic mass is 9.85. The molecule has 3 nitrogen and oxygen atoms in total. The minimum Gasteiger partial charge on any atom is -0.328 e. The van der Waals surface area contributed by atoms with Gasteiger partial charge in [0.05, 0.1) is 0 Å². The second kappa shape index (κ2) is 5.96. The van der Waals surface area contributed by atoms with E-state index in [1.54, 1.807) is 0 Å². The lowest BCUT2D eigenvalue weighted by molar-refractivity contribution is -0.120. The Labute approximate surface area is 121 Å². The Balaban J connectivity index is 1.94. The van der Waals surface area contributed by atoms with E-state index in [0.717, 1.165) is 31.4 Å². The molecule has 0 radical (unpaired) electrons. The number of carbonyl (C=O) groups excluding carboxylic acids is 1. The summed E-state index contributed by atoms with van der Waals surface area (Å²) in [6.45, 7) is 6.56. The van der Waals surface area contributed by atoms with Crippen molar-refractivity contribution in [3.8, 4) is 0 Å². The van der Waals surface area contributed by atoms with Crippen LogP contribution in [0.4, 0.5) is 5.69 Å². The van der Waals surface area contributed by atoms with Crippen LogP contribution in [0.3, 0.4) is 0 Å². The summed E-state index contributed by atoms with van der Waals surface area (Å²) >= 11 is 0. The Kier molecular flexibility index (Phi) is 4.48. The molecule has 0 atom stereocenters. The van der Waals surface area contributed by atoms with Gasteiger partial charge in [0.15, 0.2) is 0 Å². The van der Waals surface area contributed by atoms with Crippen molar-refractivity contribution >= 4 is 11.6 Å². The maximum absolute atomic E-state index is 12.2. The molecule has 1 amide bonds. The molecule has 0 heterocycles. The highest BCUT2D eigenvalue weighted by Crippen LogP contribution is 2.26. The first-order valence-corrected chi connectivity index (χ1v) is 7.53. The van der Waals surface area contributed by atoms with E-state index in [1.165, 1.54) is 5.56 Å². The Morgan fingerprint density at radius 2 is 1.65 bits per heavy atom. The third-order valence-electron chi connectivity index (χ3n) is 4.16. The first-order valence-electron chi connectivity index (χ1n) is 7.53. The number of carbonyl (C=O) groups is 1. The van der Waals surface area contributed by atoms with Gasteiger partial charge in [-0.15, -0.1) is 0 Å². The average molecular weight is 274 g/mol. The summed E-state index contributed by atoms with van der Waals surface area (Å²) in [6.07, 6.45) is 3.74. The van der Waals surface area contributed by atoms with Crippen LogP contribution < -0.4 is 11.1 Å². The maximum Gasteiger partial charge on any atom is 0.227 e. The van der Waals surface area contributed by atoms with Crippen molar-refractivity contribution in [1.29, 1.82) is 0 Å². The minimum atomic E-state index is 0.122. The molecule has 3 N–H and O–H groups in total. The predicted octanol–water partition coefficient (Wildman–Crippen LogP) is 3.44. The number of rotatable bonds is 2. The third kappa shape index (κ3) is 3.83. The monoisotopic (exact) mass is 274 g/mol. The molecule has 1 aromatic carbocycles. The molecule has 110 valence electrons. The van der Waals surface area contributed by atoms with Gasteiger partial charge in [0.2, 0.25) is 5.91 Å². The summed E-state index contributed by atoms with van der Waals surface area (Å²) < 4.78 is 0. The number of nitrogens with one attached hydrogen (secondary N) is 1. The molecule has 0 saturated heterocycles. The Bertz CT molecular complexity index is 451. The first kappa shape index (κ1) is 15.0. The van der Waals surface area contributed by atoms with Crippen LogP contribution in [0, 0.1) is 5.92 Å². The van der Waals surface area contributed by atoms with Crippen LogP contribution in [0.25, 0.3) is 0 Å². The number of benzene rings is 1. The van der Waals surface area contributed by atoms with Gasteiger partial charge in [-0.05, 0) is 48.8 Å². The Hall–Kier alpha value is -1.35.